The molecule has 3 aromatic rings. The Labute approximate surface area is 218 Å². The quantitative estimate of drug-likeness (QED) is 0.224. The van der Waals surface area contributed by atoms with Crippen LogP contribution in [-0.4, -0.2) is 52.3 Å². The molecule has 0 unspecified atom stereocenters. The minimum Gasteiger partial charge on any atom is -0.476 e. The van der Waals surface area contributed by atoms with Crippen LogP contribution in [-0.2, 0) is 13.0 Å². The minimum absolute atomic E-state index is 0.0748. The number of hydrogen-bond donors (Lipinski definition) is 3. The number of imidazole rings is 1. The third-order valence-electron chi connectivity index (χ3n) is 6.19. The summed E-state index contributed by atoms with van der Waals surface area (Å²) in [7, 11) is 0. The molecule has 0 saturated carbocycles. The topological polar surface area (TPSA) is 160 Å². The summed E-state index contributed by atoms with van der Waals surface area (Å²) >= 11 is 3.73. The van der Waals surface area contributed by atoms with Gasteiger partial charge in [0.25, 0.3) is 0 Å². The summed E-state index contributed by atoms with van der Waals surface area (Å²) in [5.41, 5.74) is 3.86. The maximum atomic E-state index is 12.3. The number of nitrogens with one attached hydrogen (secondary N) is 1. The zero-order chi connectivity index (χ0) is 26.1. The molecule has 3 N–H and O–H groups in total. The number of aromatic nitrogens is 6. The SMILES string of the molecule is CCCCc1nc(C(=O)O)c(C(=O)O)n1Cc1c2ccocc-2c(Br)c1-c1ccccc1-c1nnn[nH]1. The first-order valence-corrected chi connectivity index (χ1v) is 12.3. The van der Waals surface area contributed by atoms with Gasteiger partial charge in [-0.05, 0) is 55.5 Å². The van der Waals surface area contributed by atoms with Gasteiger partial charge in [-0.15, -0.1) is 5.10 Å². The Bertz CT molecular complexity index is 1570. The zero-order valence-electron chi connectivity index (χ0n) is 19.6. The van der Waals surface area contributed by atoms with Crippen molar-refractivity contribution in [1.29, 1.82) is 0 Å². The van der Waals surface area contributed by atoms with Crippen molar-refractivity contribution >= 4 is 27.9 Å². The van der Waals surface area contributed by atoms with Gasteiger partial charge >= 0.3 is 11.9 Å². The minimum atomic E-state index is -1.38. The second-order valence-electron chi connectivity index (χ2n) is 8.37. The molecule has 2 aromatic heterocycles. The molecule has 11 nitrogen and oxygen atoms in total. The Kier molecular flexibility index (Phi) is 6.57. The fourth-order valence-electron chi connectivity index (χ4n) is 4.55. The molecule has 0 fully saturated rings. The largest absolute Gasteiger partial charge is 0.476 e. The molecule has 2 aliphatic rings. The van der Waals surface area contributed by atoms with Crippen molar-refractivity contribution in [2.24, 2.45) is 0 Å². The Morgan fingerprint density at radius 1 is 1.08 bits per heavy atom. The lowest BCUT2D eigenvalue weighted by Crippen LogP contribution is -2.15. The van der Waals surface area contributed by atoms with Gasteiger partial charge in [-0.1, -0.05) is 37.6 Å². The van der Waals surface area contributed by atoms with Crippen LogP contribution in [0.15, 0.2) is 51.7 Å². The number of aryl methyl sites for hydroxylation is 1. The lowest BCUT2D eigenvalue weighted by molar-refractivity contribution is 0.0640. The van der Waals surface area contributed by atoms with Crippen LogP contribution in [0, 0.1) is 0 Å². The van der Waals surface area contributed by atoms with Gasteiger partial charge in [0.1, 0.15) is 5.82 Å². The number of rotatable bonds is 9. The van der Waals surface area contributed by atoms with Crippen molar-refractivity contribution < 1.29 is 24.2 Å². The van der Waals surface area contributed by atoms with Gasteiger partial charge in [0.2, 0.25) is 0 Å². The smallest absolute Gasteiger partial charge is 0.357 e. The third kappa shape index (κ3) is 4.29. The van der Waals surface area contributed by atoms with Crippen molar-refractivity contribution in [3.8, 4) is 33.6 Å². The number of benzene rings is 1. The Morgan fingerprint density at radius 2 is 1.86 bits per heavy atom. The molecule has 1 aromatic carbocycles. The molecule has 188 valence electrons. The van der Waals surface area contributed by atoms with Crippen molar-refractivity contribution in [3.63, 3.8) is 0 Å². The highest BCUT2D eigenvalue weighted by Gasteiger charge is 2.31. The summed E-state index contributed by atoms with van der Waals surface area (Å²) in [6.45, 7) is 2.08. The van der Waals surface area contributed by atoms with Crippen LogP contribution in [0.3, 0.4) is 0 Å². The number of aromatic amines is 1. The predicted molar refractivity (Wildman–Crippen MR) is 135 cm³/mol. The number of carboxylic acids is 2. The van der Waals surface area contributed by atoms with E-state index in [0.29, 0.717) is 18.1 Å². The summed E-state index contributed by atoms with van der Waals surface area (Å²) < 4.78 is 7.68. The number of nitrogens with zero attached hydrogens (tertiary/aromatic N) is 5. The average Bonchev–Trinajstić information content (AvgIpc) is 3.61. The highest BCUT2D eigenvalue weighted by atomic mass is 79.9. The van der Waals surface area contributed by atoms with E-state index in [1.54, 1.807) is 18.6 Å². The summed E-state index contributed by atoms with van der Waals surface area (Å²) in [6.07, 6.45) is 5.16. The maximum Gasteiger partial charge on any atom is 0.357 e. The number of hydrogen-bond acceptors (Lipinski definition) is 7. The number of halogens is 1. The molecular weight excluding hydrogens is 544 g/mol. The second-order valence-corrected chi connectivity index (χ2v) is 9.17. The van der Waals surface area contributed by atoms with Crippen LogP contribution in [0.2, 0.25) is 0 Å². The summed E-state index contributed by atoms with van der Waals surface area (Å²) in [5.74, 6) is -1.87. The summed E-state index contributed by atoms with van der Waals surface area (Å²) in [6, 6.07) is 9.36. The molecule has 5 rings (SSSR count). The van der Waals surface area contributed by atoms with Crippen LogP contribution < -0.4 is 0 Å². The summed E-state index contributed by atoms with van der Waals surface area (Å²) in [4.78, 5) is 28.4. The van der Waals surface area contributed by atoms with E-state index in [2.05, 4.69) is 41.5 Å². The highest BCUT2D eigenvalue weighted by molar-refractivity contribution is 9.10. The van der Waals surface area contributed by atoms with E-state index in [-0.39, 0.29) is 12.2 Å². The lowest BCUT2D eigenvalue weighted by Gasteiger charge is -2.14. The van der Waals surface area contributed by atoms with Gasteiger partial charge in [-0.3, -0.25) is 0 Å². The molecule has 0 bridgehead atoms. The number of carboxylic acid groups (broad SMARTS) is 2. The molecular formula is C25H21BrN6O5. The highest BCUT2D eigenvalue weighted by Crippen LogP contribution is 2.48. The van der Waals surface area contributed by atoms with E-state index in [1.807, 2.05) is 31.2 Å². The van der Waals surface area contributed by atoms with Gasteiger partial charge in [0.15, 0.2) is 17.2 Å². The first kappa shape index (κ1) is 24.4. The third-order valence-corrected chi connectivity index (χ3v) is 7.01. The number of aromatic carboxylic acids is 2. The maximum absolute atomic E-state index is 12.3. The number of H-pyrrole nitrogens is 1. The first-order chi connectivity index (χ1) is 17.9. The zero-order valence-corrected chi connectivity index (χ0v) is 21.2. The summed E-state index contributed by atoms with van der Waals surface area (Å²) in [5, 5.41) is 34.0. The fraction of sp³-hybridized carbons (Fsp3) is 0.200. The molecule has 0 amide bonds. The molecule has 1 aliphatic carbocycles. The number of fused-ring (bicyclic) bond motifs is 1. The van der Waals surface area contributed by atoms with Crippen LogP contribution in [0.25, 0.3) is 33.6 Å². The molecule has 0 radical (unpaired) electrons. The molecule has 3 heterocycles. The molecule has 37 heavy (non-hydrogen) atoms. The van der Waals surface area contributed by atoms with Crippen molar-refractivity contribution in [1.82, 2.24) is 30.2 Å². The van der Waals surface area contributed by atoms with E-state index in [9.17, 15) is 19.8 Å². The van der Waals surface area contributed by atoms with E-state index in [1.165, 1.54) is 4.57 Å². The second kappa shape index (κ2) is 9.97. The Morgan fingerprint density at radius 3 is 2.54 bits per heavy atom. The predicted octanol–water partition coefficient (Wildman–Crippen LogP) is 4.98. The van der Waals surface area contributed by atoms with Gasteiger partial charge in [0, 0.05) is 27.6 Å². The lowest BCUT2D eigenvalue weighted by atomic mass is 9.97. The van der Waals surface area contributed by atoms with Crippen molar-refractivity contribution in [3.05, 3.63) is 70.1 Å². The number of unbranched alkanes of at least 4 members (excludes halogenated alkanes) is 1. The van der Waals surface area contributed by atoms with Crippen LogP contribution >= 0.6 is 15.9 Å². The van der Waals surface area contributed by atoms with Crippen LogP contribution in [0.1, 0.15) is 52.1 Å². The van der Waals surface area contributed by atoms with E-state index >= 15 is 0 Å². The molecule has 12 heteroatoms. The van der Waals surface area contributed by atoms with Crippen molar-refractivity contribution in [2.45, 2.75) is 32.7 Å². The average molecular weight is 565 g/mol. The standard InChI is InChI=1S/C25H21BrN6O5/c1-2-3-8-18-27-21(24(33)34)22(25(35)36)32(18)11-16-13-9-10-37-12-17(13)20(26)19(16)14-6-4-5-7-15(14)23-28-30-31-29-23/h4-7,9-10,12H,2-3,8,11H2,1H3,(H,33,34)(H,35,36)(H,28,29,30,31). The number of tetrazole rings is 1. The van der Waals surface area contributed by atoms with E-state index in [4.69, 9.17) is 4.42 Å². The van der Waals surface area contributed by atoms with Gasteiger partial charge in [0.05, 0.1) is 19.1 Å². The Hall–Kier alpha value is -4.32. The van der Waals surface area contributed by atoms with E-state index < -0.39 is 17.6 Å². The van der Waals surface area contributed by atoms with Gasteiger partial charge in [-0.2, -0.15) is 0 Å². The van der Waals surface area contributed by atoms with Gasteiger partial charge in [-0.25, -0.2) is 19.7 Å². The van der Waals surface area contributed by atoms with Gasteiger partial charge < -0.3 is 19.2 Å². The molecule has 0 saturated heterocycles. The van der Waals surface area contributed by atoms with Crippen LogP contribution in [0.5, 0.6) is 0 Å². The molecule has 1 aliphatic heterocycles. The number of carbonyl (C=O) groups is 2. The van der Waals surface area contributed by atoms with Crippen LogP contribution in [0.4, 0.5) is 0 Å². The molecule has 0 atom stereocenters. The monoisotopic (exact) mass is 564 g/mol. The van der Waals surface area contributed by atoms with Crippen molar-refractivity contribution in [2.75, 3.05) is 0 Å². The first-order valence-electron chi connectivity index (χ1n) is 11.5. The molecule has 0 spiro atoms. The Balaban J connectivity index is 1.78. The normalized spacial score (nSPS) is 11.3. The van der Waals surface area contributed by atoms with E-state index in [0.717, 1.165) is 50.7 Å². The fourth-order valence-corrected chi connectivity index (χ4v) is 5.31.